The fraction of sp³-hybridized carbons (Fsp3) is 0.188. The first-order valence-electron chi connectivity index (χ1n) is 6.35. The Morgan fingerprint density at radius 1 is 1.05 bits per heavy atom. The van der Waals surface area contributed by atoms with Gasteiger partial charge < -0.3 is 4.74 Å². The topological polar surface area (TPSA) is 26.3 Å². The van der Waals surface area contributed by atoms with E-state index in [2.05, 4.69) is 0 Å². The molecule has 0 spiro atoms. The maximum absolute atomic E-state index is 12.6. The first-order valence-corrected chi connectivity index (χ1v) is 6.35. The summed E-state index contributed by atoms with van der Waals surface area (Å²) in [6.07, 6.45) is -5.02. The van der Waals surface area contributed by atoms with Crippen molar-refractivity contribution in [1.29, 1.82) is 0 Å². The number of esters is 1. The first-order chi connectivity index (χ1) is 9.86. The van der Waals surface area contributed by atoms with Crippen LogP contribution in [0.5, 0.6) is 0 Å². The number of cyclic esters (lactones) is 1. The van der Waals surface area contributed by atoms with E-state index in [9.17, 15) is 18.0 Å². The Morgan fingerprint density at radius 3 is 2.33 bits per heavy atom. The molecule has 21 heavy (non-hydrogen) atoms. The molecule has 3 rings (SSSR count). The molecule has 1 aliphatic rings. The standard InChI is InChI=1S/C16H11F3O2/c1-9-2-7-12-13(8-9)14(21-15(12)20)10-3-5-11(6-4-10)16(17,18)19/h2-8,14H,1H3. The van der Waals surface area contributed by atoms with Crippen LogP contribution in [0.4, 0.5) is 13.2 Å². The maximum Gasteiger partial charge on any atom is 0.416 e. The van der Waals surface area contributed by atoms with E-state index in [0.29, 0.717) is 16.7 Å². The molecule has 0 amide bonds. The van der Waals surface area contributed by atoms with Crippen molar-refractivity contribution in [2.75, 3.05) is 0 Å². The lowest BCUT2D eigenvalue weighted by molar-refractivity contribution is -0.137. The summed E-state index contributed by atoms with van der Waals surface area (Å²) in [6.45, 7) is 1.88. The molecule has 1 aliphatic heterocycles. The van der Waals surface area contributed by atoms with E-state index in [1.807, 2.05) is 13.0 Å². The highest BCUT2D eigenvalue weighted by Crippen LogP contribution is 2.37. The van der Waals surface area contributed by atoms with Gasteiger partial charge in [0.15, 0.2) is 6.10 Å². The van der Waals surface area contributed by atoms with Gasteiger partial charge in [0.1, 0.15) is 0 Å². The molecule has 0 aliphatic carbocycles. The van der Waals surface area contributed by atoms with E-state index in [0.717, 1.165) is 17.7 Å². The van der Waals surface area contributed by atoms with Crippen molar-refractivity contribution in [2.45, 2.75) is 19.2 Å². The van der Waals surface area contributed by atoms with Gasteiger partial charge in [-0.2, -0.15) is 13.2 Å². The molecular weight excluding hydrogens is 281 g/mol. The van der Waals surface area contributed by atoms with Crippen LogP contribution in [-0.2, 0) is 10.9 Å². The summed E-state index contributed by atoms with van der Waals surface area (Å²) < 4.78 is 43.0. The van der Waals surface area contributed by atoms with Crippen LogP contribution in [-0.4, -0.2) is 5.97 Å². The van der Waals surface area contributed by atoms with Crippen LogP contribution in [0.2, 0.25) is 0 Å². The number of benzene rings is 2. The normalized spacial score (nSPS) is 17.5. The third-order valence-corrected chi connectivity index (χ3v) is 3.48. The van der Waals surface area contributed by atoms with Gasteiger partial charge >= 0.3 is 12.1 Å². The highest BCUT2D eigenvalue weighted by atomic mass is 19.4. The molecule has 1 unspecified atom stereocenters. The van der Waals surface area contributed by atoms with E-state index in [4.69, 9.17) is 4.74 Å². The minimum Gasteiger partial charge on any atom is -0.449 e. The van der Waals surface area contributed by atoms with Crippen LogP contribution in [0.3, 0.4) is 0 Å². The monoisotopic (exact) mass is 292 g/mol. The Labute approximate surface area is 119 Å². The number of aryl methyl sites for hydroxylation is 1. The maximum atomic E-state index is 12.6. The summed E-state index contributed by atoms with van der Waals surface area (Å²) in [7, 11) is 0. The van der Waals surface area contributed by atoms with Crippen molar-refractivity contribution in [2.24, 2.45) is 0 Å². The molecule has 108 valence electrons. The summed E-state index contributed by atoms with van der Waals surface area (Å²) in [6, 6.07) is 9.99. The van der Waals surface area contributed by atoms with Crippen molar-refractivity contribution in [3.8, 4) is 0 Å². The predicted molar refractivity (Wildman–Crippen MR) is 69.9 cm³/mol. The van der Waals surface area contributed by atoms with Gasteiger partial charge in [-0.15, -0.1) is 0 Å². The largest absolute Gasteiger partial charge is 0.449 e. The molecule has 0 radical (unpaired) electrons. The van der Waals surface area contributed by atoms with E-state index < -0.39 is 23.8 Å². The molecule has 0 bridgehead atoms. The summed E-state index contributed by atoms with van der Waals surface area (Å²) in [4.78, 5) is 11.8. The van der Waals surface area contributed by atoms with Crippen molar-refractivity contribution in [3.05, 3.63) is 70.3 Å². The van der Waals surface area contributed by atoms with Gasteiger partial charge in [0.05, 0.1) is 11.1 Å². The molecule has 1 atom stereocenters. The summed E-state index contributed by atoms with van der Waals surface area (Å²) >= 11 is 0. The number of carbonyl (C=O) groups excluding carboxylic acids is 1. The molecular formula is C16H11F3O2. The fourth-order valence-corrected chi connectivity index (χ4v) is 2.41. The van der Waals surface area contributed by atoms with Crippen molar-refractivity contribution >= 4 is 5.97 Å². The van der Waals surface area contributed by atoms with Gasteiger partial charge in [-0.25, -0.2) is 4.79 Å². The zero-order valence-corrected chi connectivity index (χ0v) is 11.1. The number of halogens is 3. The van der Waals surface area contributed by atoms with Gasteiger partial charge in [0.2, 0.25) is 0 Å². The Bertz CT molecular complexity index is 702. The second kappa shape index (κ2) is 4.62. The Kier molecular flexibility index (Phi) is 3.01. The minimum absolute atomic E-state index is 0.449. The van der Waals surface area contributed by atoms with Gasteiger partial charge in [0.25, 0.3) is 0 Å². The quantitative estimate of drug-likeness (QED) is 0.734. The lowest BCUT2D eigenvalue weighted by Crippen LogP contribution is -2.06. The summed E-state index contributed by atoms with van der Waals surface area (Å²) in [5.41, 5.74) is 1.93. The number of ether oxygens (including phenoxy) is 1. The molecule has 2 aromatic rings. The SMILES string of the molecule is Cc1ccc2c(c1)C(c1ccc(C(F)(F)F)cc1)OC2=O. The number of rotatable bonds is 1. The Morgan fingerprint density at radius 2 is 1.71 bits per heavy atom. The predicted octanol–water partition coefficient (Wildman–Crippen LogP) is 4.27. The molecule has 0 saturated carbocycles. The smallest absolute Gasteiger partial charge is 0.416 e. The summed E-state index contributed by atoms with van der Waals surface area (Å²) in [5, 5.41) is 0. The lowest BCUT2D eigenvalue weighted by atomic mass is 9.97. The molecule has 1 heterocycles. The molecule has 2 nitrogen and oxygen atoms in total. The van der Waals surface area contributed by atoms with E-state index in [1.54, 1.807) is 12.1 Å². The molecule has 0 N–H and O–H groups in total. The number of hydrogen-bond donors (Lipinski definition) is 0. The van der Waals surface area contributed by atoms with Crippen LogP contribution in [0.1, 0.15) is 38.7 Å². The number of alkyl halides is 3. The third kappa shape index (κ3) is 2.39. The van der Waals surface area contributed by atoms with Gasteiger partial charge in [0, 0.05) is 5.56 Å². The van der Waals surface area contributed by atoms with Gasteiger partial charge in [-0.1, -0.05) is 29.8 Å². The zero-order chi connectivity index (χ0) is 15.2. The first kappa shape index (κ1) is 13.7. The molecule has 2 aromatic carbocycles. The highest BCUT2D eigenvalue weighted by molar-refractivity contribution is 5.94. The van der Waals surface area contributed by atoms with Crippen molar-refractivity contribution < 1.29 is 22.7 Å². The van der Waals surface area contributed by atoms with Crippen molar-refractivity contribution in [3.63, 3.8) is 0 Å². The molecule has 0 fully saturated rings. The fourth-order valence-electron chi connectivity index (χ4n) is 2.41. The van der Waals surface area contributed by atoms with Crippen LogP contribution in [0, 0.1) is 6.92 Å². The summed E-state index contributed by atoms with van der Waals surface area (Å²) in [5.74, 6) is -0.449. The van der Waals surface area contributed by atoms with Crippen LogP contribution < -0.4 is 0 Å². The Balaban J connectivity index is 2.00. The van der Waals surface area contributed by atoms with E-state index in [-0.39, 0.29) is 0 Å². The van der Waals surface area contributed by atoms with E-state index in [1.165, 1.54) is 12.1 Å². The average molecular weight is 292 g/mol. The minimum atomic E-state index is -4.38. The second-order valence-corrected chi connectivity index (χ2v) is 5.00. The van der Waals surface area contributed by atoms with E-state index >= 15 is 0 Å². The molecule has 0 aromatic heterocycles. The molecule has 5 heteroatoms. The average Bonchev–Trinajstić information content (AvgIpc) is 2.75. The van der Waals surface area contributed by atoms with Crippen LogP contribution in [0.15, 0.2) is 42.5 Å². The second-order valence-electron chi connectivity index (χ2n) is 5.00. The number of carbonyl (C=O) groups is 1. The number of hydrogen-bond acceptors (Lipinski definition) is 2. The molecule has 0 saturated heterocycles. The Hall–Kier alpha value is -2.30. The van der Waals surface area contributed by atoms with Crippen LogP contribution >= 0.6 is 0 Å². The van der Waals surface area contributed by atoms with Gasteiger partial charge in [-0.05, 0) is 30.7 Å². The number of fused-ring (bicyclic) bond motifs is 1. The zero-order valence-electron chi connectivity index (χ0n) is 11.1. The highest BCUT2D eigenvalue weighted by Gasteiger charge is 2.34. The third-order valence-electron chi connectivity index (χ3n) is 3.48. The lowest BCUT2D eigenvalue weighted by Gasteiger charge is -2.13. The van der Waals surface area contributed by atoms with Crippen molar-refractivity contribution in [1.82, 2.24) is 0 Å². The van der Waals surface area contributed by atoms with Crippen LogP contribution in [0.25, 0.3) is 0 Å². The van der Waals surface area contributed by atoms with Gasteiger partial charge in [-0.3, -0.25) is 0 Å².